The maximum absolute atomic E-state index is 8.56. The minimum atomic E-state index is -1.83. The zero-order chi connectivity index (χ0) is 8.28. The first-order chi connectivity index (χ1) is 4.15. The molecule has 8 heteroatoms. The molecule has 0 aliphatic carbocycles. The Morgan fingerprint density at radius 3 is 1.44 bits per heavy atom. The summed E-state index contributed by atoms with van der Waals surface area (Å²) in [6, 6.07) is 0. The normalized spacial score (nSPS) is 5.33. The van der Waals surface area contributed by atoms with Crippen LogP contribution < -0.4 is 4.66 Å². The molecule has 0 heterocycles. The molecule has 0 spiro atoms. The van der Waals surface area contributed by atoms with Crippen molar-refractivity contribution < 1.29 is 40.3 Å². The highest BCUT2D eigenvalue weighted by Crippen LogP contribution is 1.42. The van der Waals surface area contributed by atoms with E-state index in [1.165, 1.54) is 0 Å². The topological polar surface area (TPSA) is 121 Å². The van der Waals surface area contributed by atoms with E-state index < -0.39 is 6.16 Å². The van der Waals surface area contributed by atoms with Crippen LogP contribution in [0.2, 0.25) is 0 Å². The quantitative estimate of drug-likeness (QED) is 0.366. The van der Waals surface area contributed by atoms with E-state index in [0.717, 1.165) is 0 Å². The van der Waals surface area contributed by atoms with Gasteiger partial charge in [0.25, 0.3) is 0 Å². The largest absolute Gasteiger partial charge is 0.506 e. The van der Waals surface area contributed by atoms with E-state index in [0.29, 0.717) is 0 Å². The van der Waals surface area contributed by atoms with Crippen LogP contribution in [-0.2, 0) is 0 Å². The molecule has 0 aromatic heterocycles. The average Bonchev–Trinajstić information content (AvgIpc) is 1.71. The molecule has 0 aromatic rings. The van der Waals surface area contributed by atoms with Gasteiger partial charge in [0.05, 0.1) is 11.9 Å². The highest BCUT2D eigenvalue weighted by Gasteiger charge is 1.70. The van der Waals surface area contributed by atoms with Gasteiger partial charge in [-0.2, -0.15) is 0 Å². The van der Waals surface area contributed by atoms with Gasteiger partial charge in [-0.1, -0.05) is 0 Å². The van der Waals surface area contributed by atoms with Crippen molar-refractivity contribution in [3.05, 3.63) is 0 Å². The average molecular weight is 183 g/mol. The van der Waals surface area contributed by atoms with Gasteiger partial charge in [-0.05, 0) is 0 Å². The molecule has 9 heavy (non-hydrogen) atoms. The SMILES string of the molecule is O=C(O)O.OCl.[O-][Cl+]O. The first-order valence-corrected chi connectivity index (χ1v) is 2.13. The van der Waals surface area contributed by atoms with Crippen LogP contribution in [0.1, 0.15) is 0 Å². The predicted octanol–water partition coefficient (Wildman–Crippen LogP) is -1.39. The van der Waals surface area contributed by atoms with E-state index in [9.17, 15) is 0 Å². The van der Waals surface area contributed by atoms with Crippen LogP contribution >= 0.6 is 11.9 Å². The van der Waals surface area contributed by atoms with Crippen molar-refractivity contribution in [3.8, 4) is 0 Å². The number of halogens is 2. The van der Waals surface area contributed by atoms with Gasteiger partial charge in [0.2, 0.25) is 0 Å². The summed E-state index contributed by atoms with van der Waals surface area (Å²) < 4.78 is 21.7. The van der Waals surface area contributed by atoms with Gasteiger partial charge in [-0.3, -0.25) is 4.66 Å². The van der Waals surface area contributed by atoms with E-state index in [1.54, 1.807) is 0 Å². The second kappa shape index (κ2) is 25.2. The standard InChI is InChI=1S/CH2O3.ClHO2.ClHO/c2-1(3)4;2-1-3;1-2/h(H2,2,3,4);2H;2H. The molecule has 0 aliphatic heterocycles. The van der Waals surface area contributed by atoms with Crippen molar-refractivity contribution in [1.29, 1.82) is 0 Å². The molecule has 0 radical (unpaired) electrons. The lowest BCUT2D eigenvalue weighted by Gasteiger charge is -1.60. The van der Waals surface area contributed by atoms with E-state index in [1.807, 2.05) is 0 Å². The molecule has 0 saturated heterocycles. The van der Waals surface area contributed by atoms with E-state index >= 15 is 0 Å². The molecule has 4 N–H and O–H groups in total. The molecule has 6 nitrogen and oxygen atoms in total. The fourth-order valence-corrected chi connectivity index (χ4v) is 0. The van der Waals surface area contributed by atoms with Crippen LogP contribution in [0.15, 0.2) is 0 Å². The highest BCUT2D eigenvalue weighted by atomic mass is 35.6. The Morgan fingerprint density at radius 1 is 1.44 bits per heavy atom. The fraction of sp³-hybridized carbons (Fsp3) is 0. The monoisotopic (exact) mass is 182 g/mol. The van der Waals surface area contributed by atoms with E-state index in [4.69, 9.17) is 29.0 Å². The van der Waals surface area contributed by atoms with Crippen molar-refractivity contribution in [2.45, 2.75) is 0 Å². The van der Waals surface area contributed by atoms with Crippen LogP contribution in [0.4, 0.5) is 4.79 Å². The Balaban J connectivity index is -0.0000000646. The van der Waals surface area contributed by atoms with E-state index in [-0.39, 0.29) is 11.3 Å². The highest BCUT2D eigenvalue weighted by molar-refractivity contribution is 6.04. The number of hydrogen-bond donors (Lipinski definition) is 4. The van der Waals surface area contributed by atoms with Gasteiger partial charge in [0.1, 0.15) is 0 Å². The van der Waals surface area contributed by atoms with Crippen molar-refractivity contribution >= 4 is 18.0 Å². The van der Waals surface area contributed by atoms with Crippen LogP contribution in [-0.4, -0.2) is 25.7 Å². The molecule has 0 saturated carbocycles. The minimum Gasteiger partial charge on any atom is -0.506 e. The Labute approximate surface area is 59.2 Å². The van der Waals surface area contributed by atoms with E-state index in [2.05, 4.69) is 11.9 Å². The van der Waals surface area contributed by atoms with Crippen molar-refractivity contribution in [3.63, 3.8) is 0 Å². The number of rotatable bonds is 0. The molecule has 0 aromatic carbocycles. The summed E-state index contributed by atoms with van der Waals surface area (Å²) in [5.74, 6) is 0. The number of carboxylic acid groups (broad SMARTS) is 2. The van der Waals surface area contributed by atoms with Crippen molar-refractivity contribution in [2.75, 3.05) is 0 Å². The molecule has 0 fully saturated rings. The molecule has 0 bridgehead atoms. The molecule has 0 atom stereocenters. The first-order valence-electron chi connectivity index (χ1n) is 1.14. The first kappa shape index (κ1) is 15.9. The Bertz CT molecular complexity index is 42.3. The molecule has 58 valence electrons. The lowest BCUT2D eigenvalue weighted by molar-refractivity contribution is -1.27. The summed E-state index contributed by atoms with van der Waals surface area (Å²) in [4.78, 5) is 8.56. The van der Waals surface area contributed by atoms with Crippen molar-refractivity contribution in [1.82, 2.24) is 0 Å². The van der Waals surface area contributed by atoms with Gasteiger partial charge in [0, 0.05) is 0 Å². The van der Waals surface area contributed by atoms with Crippen LogP contribution in [0.25, 0.3) is 0 Å². The third-order valence-electron chi connectivity index (χ3n) is 0. The van der Waals surface area contributed by atoms with Gasteiger partial charge < -0.3 is 14.9 Å². The minimum absolute atomic E-state index is 0.167. The summed E-state index contributed by atoms with van der Waals surface area (Å²) in [6.45, 7) is 0. The Morgan fingerprint density at radius 2 is 1.44 bits per heavy atom. The van der Waals surface area contributed by atoms with Gasteiger partial charge in [-0.25, -0.2) is 4.79 Å². The maximum Gasteiger partial charge on any atom is 0.503 e. The van der Waals surface area contributed by atoms with Gasteiger partial charge in [0.15, 0.2) is 0 Å². The second-order valence-electron chi connectivity index (χ2n) is 0.352. The molecule has 0 amide bonds. The molecular weight excluding hydrogens is 179 g/mol. The molecule has 0 aliphatic rings. The van der Waals surface area contributed by atoms with Crippen LogP contribution in [0.5, 0.6) is 0 Å². The van der Waals surface area contributed by atoms with Gasteiger partial charge >= 0.3 is 17.5 Å². The zero-order valence-corrected chi connectivity index (χ0v) is 5.37. The Kier molecular flexibility index (Phi) is 44.4. The molecular formula is CH4Cl2O6. The summed E-state index contributed by atoms with van der Waals surface area (Å²) in [6.07, 6.45) is -1.83. The lowest BCUT2D eigenvalue weighted by atomic mass is 11.5. The summed E-state index contributed by atoms with van der Waals surface area (Å²) in [5, 5.41) is 13.9. The van der Waals surface area contributed by atoms with Crippen LogP contribution in [0.3, 0.4) is 0 Å². The zero-order valence-electron chi connectivity index (χ0n) is 3.86. The maximum atomic E-state index is 8.56. The fourth-order valence-electron chi connectivity index (χ4n) is 0. The molecule has 0 unspecified atom stereocenters. The number of carbonyl (C=O) groups is 1. The van der Waals surface area contributed by atoms with Crippen LogP contribution in [0, 0.1) is 11.3 Å². The number of hydrogen-bond acceptors (Lipinski definition) is 4. The van der Waals surface area contributed by atoms with Gasteiger partial charge in [-0.15, -0.1) is 4.66 Å². The third kappa shape index (κ3) is 3480. The van der Waals surface area contributed by atoms with Crippen molar-refractivity contribution in [2.24, 2.45) is 0 Å². The third-order valence-corrected chi connectivity index (χ3v) is 0. The summed E-state index contributed by atoms with van der Waals surface area (Å²) in [7, 11) is 0. The second-order valence-corrected chi connectivity index (χ2v) is 0.490. The summed E-state index contributed by atoms with van der Waals surface area (Å²) in [5.41, 5.74) is 0. The summed E-state index contributed by atoms with van der Waals surface area (Å²) >= 11 is 3.47. The Hall–Kier alpha value is -0.270. The smallest absolute Gasteiger partial charge is 0.503 e. The molecule has 0 rings (SSSR count). The predicted molar refractivity (Wildman–Crippen MR) is 20.9 cm³/mol. The lowest BCUT2D eigenvalue weighted by Crippen LogP contribution is -1.94.